The van der Waals surface area contributed by atoms with Crippen molar-refractivity contribution in [2.75, 3.05) is 26.2 Å². The highest BCUT2D eigenvalue weighted by Gasteiger charge is 2.41. The Bertz CT molecular complexity index is 912. The van der Waals surface area contributed by atoms with Gasteiger partial charge in [0.15, 0.2) is 0 Å². The van der Waals surface area contributed by atoms with Gasteiger partial charge >= 0.3 is 12.1 Å². The number of nitrogens with one attached hydrogen (secondary N) is 3. The van der Waals surface area contributed by atoms with Crippen LogP contribution in [-0.4, -0.2) is 61.3 Å². The molecule has 1 aromatic carbocycles. The van der Waals surface area contributed by atoms with Gasteiger partial charge in [-0.3, -0.25) is 9.59 Å². The minimum atomic E-state index is -5.08. The number of fused-ring (bicyclic) bond motifs is 1. The van der Waals surface area contributed by atoms with E-state index in [1.54, 1.807) is 6.07 Å². The summed E-state index contributed by atoms with van der Waals surface area (Å²) in [5.41, 5.74) is 0.0802. The minimum Gasteiger partial charge on any atom is -0.489 e. The normalized spacial score (nSPS) is 24.2. The van der Waals surface area contributed by atoms with E-state index in [0.717, 1.165) is 19.4 Å². The molecular formula is C24H32F3N3O5. The second-order valence-corrected chi connectivity index (χ2v) is 9.00. The first-order valence-corrected chi connectivity index (χ1v) is 11.4. The van der Waals surface area contributed by atoms with Gasteiger partial charge in [0.25, 0.3) is 5.91 Å². The van der Waals surface area contributed by atoms with E-state index in [4.69, 9.17) is 14.6 Å². The first-order chi connectivity index (χ1) is 16.4. The number of alkyl halides is 3. The van der Waals surface area contributed by atoms with Gasteiger partial charge in [0.1, 0.15) is 12.4 Å². The fraction of sp³-hybridized carbons (Fsp3) is 0.542. The van der Waals surface area contributed by atoms with Gasteiger partial charge < -0.3 is 25.8 Å². The van der Waals surface area contributed by atoms with Crippen molar-refractivity contribution < 1.29 is 37.4 Å². The Balaban J connectivity index is 0.000000540. The molecule has 1 unspecified atom stereocenters. The molecule has 0 aromatic heterocycles. The molecule has 0 aliphatic carbocycles. The van der Waals surface area contributed by atoms with E-state index in [9.17, 15) is 22.8 Å². The predicted octanol–water partition coefficient (Wildman–Crippen LogP) is 2.90. The molecule has 4 N–H and O–H groups in total. The second kappa shape index (κ2) is 12.6. The summed E-state index contributed by atoms with van der Waals surface area (Å²) in [6.45, 7) is 6.53. The Morgan fingerprint density at radius 3 is 2.51 bits per heavy atom. The van der Waals surface area contributed by atoms with Crippen LogP contribution in [0.15, 0.2) is 36.4 Å². The van der Waals surface area contributed by atoms with Crippen molar-refractivity contribution in [3.8, 4) is 5.75 Å². The molecule has 1 saturated heterocycles. The lowest BCUT2D eigenvalue weighted by molar-refractivity contribution is -0.192. The number of hydrogen-bond donors (Lipinski definition) is 4. The van der Waals surface area contributed by atoms with Crippen LogP contribution in [-0.2, 0) is 9.59 Å². The highest BCUT2D eigenvalue weighted by molar-refractivity contribution is 5.97. The van der Waals surface area contributed by atoms with E-state index in [-0.39, 0.29) is 17.9 Å². The summed E-state index contributed by atoms with van der Waals surface area (Å²) in [5, 5.41) is 16.7. The van der Waals surface area contributed by atoms with Gasteiger partial charge in [-0.05, 0) is 43.9 Å². The number of carboxylic acid groups (broad SMARTS) is 1. The molecule has 2 aliphatic heterocycles. The summed E-state index contributed by atoms with van der Waals surface area (Å²) in [5.74, 6) is -1.89. The first kappa shape index (κ1) is 28.2. The predicted molar refractivity (Wildman–Crippen MR) is 123 cm³/mol. The minimum absolute atomic E-state index is 0.0698. The summed E-state index contributed by atoms with van der Waals surface area (Å²) in [4.78, 5) is 34.8. The van der Waals surface area contributed by atoms with Crippen LogP contribution < -0.4 is 20.7 Å². The summed E-state index contributed by atoms with van der Waals surface area (Å²) in [6.07, 6.45) is 1.17. The molecule has 1 spiro atoms. The average molecular weight is 500 g/mol. The van der Waals surface area contributed by atoms with Gasteiger partial charge in [0.2, 0.25) is 5.91 Å². The Morgan fingerprint density at radius 1 is 1.23 bits per heavy atom. The third kappa shape index (κ3) is 8.57. The molecule has 2 aliphatic rings. The number of hydrogen-bond acceptors (Lipinski definition) is 5. The van der Waals surface area contributed by atoms with Crippen LogP contribution in [0.5, 0.6) is 5.75 Å². The number of para-hydroxylation sites is 1. The van der Waals surface area contributed by atoms with Crippen LogP contribution in [0.25, 0.3) is 0 Å². The molecule has 2 atom stereocenters. The van der Waals surface area contributed by atoms with E-state index >= 15 is 0 Å². The number of amides is 2. The molecule has 1 aromatic rings. The van der Waals surface area contributed by atoms with Crippen LogP contribution in [0.4, 0.5) is 13.2 Å². The topological polar surface area (TPSA) is 117 Å². The zero-order valence-corrected chi connectivity index (χ0v) is 19.8. The van der Waals surface area contributed by atoms with Crippen molar-refractivity contribution >= 4 is 17.8 Å². The van der Waals surface area contributed by atoms with Gasteiger partial charge in [0.05, 0.1) is 11.0 Å². The van der Waals surface area contributed by atoms with Crippen molar-refractivity contribution in [1.82, 2.24) is 16.0 Å². The molecule has 2 heterocycles. The van der Waals surface area contributed by atoms with Crippen LogP contribution in [0, 0.1) is 11.3 Å². The molecular weight excluding hydrogens is 467 g/mol. The average Bonchev–Trinajstić information content (AvgIpc) is 3.26. The number of halogens is 3. The van der Waals surface area contributed by atoms with Crippen LogP contribution in [0.3, 0.4) is 0 Å². The molecule has 0 radical (unpaired) electrons. The molecule has 2 amide bonds. The maximum Gasteiger partial charge on any atom is 0.490 e. The standard InChI is InChI=1S/C22H31N3O3.C2HF3O2/c1-16(2)13-17-14-24-20(26)18-7-3-4-8-19(18)28-12-6-5-9-22(21(27)25-17)10-11-23-15-22;3-2(4,5)1(6)7/h3-8,16-17,23H,9-15H2,1-2H3,(H,24,26)(H,25,27);(H,6,7)/b6-5+;/t17-,22?;/m0./s1. The van der Waals surface area contributed by atoms with Crippen LogP contribution >= 0.6 is 0 Å². The fourth-order valence-electron chi connectivity index (χ4n) is 3.91. The maximum absolute atomic E-state index is 13.2. The number of carbonyl (C=O) groups excluding carboxylic acids is 2. The van der Waals surface area contributed by atoms with Gasteiger partial charge in [-0.1, -0.05) is 38.1 Å². The number of carbonyl (C=O) groups is 3. The van der Waals surface area contributed by atoms with Crippen molar-refractivity contribution in [1.29, 1.82) is 0 Å². The number of aliphatic carboxylic acids is 1. The third-order valence-corrected chi connectivity index (χ3v) is 5.71. The second-order valence-electron chi connectivity index (χ2n) is 9.00. The van der Waals surface area contributed by atoms with Crippen molar-refractivity contribution in [3.63, 3.8) is 0 Å². The van der Waals surface area contributed by atoms with E-state index in [1.165, 1.54) is 0 Å². The van der Waals surface area contributed by atoms with Crippen molar-refractivity contribution in [2.24, 2.45) is 11.3 Å². The number of allylic oxidation sites excluding steroid dienone is 1. The monoisotopic (exact) mass is 499 g/mol. The number of rotatable bonds is 2. The summed E-state index contributed by atoms with van der Waals surface area (Å²) in [7, 11) is 0. The summed E-state index contributed by atoms with van der Waals surface area (Å²) >= 11 is 0. The Labute approximate surface area is 202 Å². The van der Waals surface area contributed by atoms with Crippen LogP contribution in [0.2, 0.25) is 0 Å². The molecule has 0 bridgehead atoms. The molecule has 3 rings (SSSR count). The lowest BCUT2D eigenvalue weighted by Gasteiger charge is -2.30. The highest BCUT2D eigenvalue weighted by Crippen LogP contribution is 2.31. The first-order valence-electron chi connectivity index (χ1n) is 11.4. The molecule has 194 valence electrons. The van der Waals surface area contributed by atoms with E-state index in [1.807, 2.05) is 30.4 Å². The Morgan fingerprint density at radius 2 is 1.91 bits per heavy atom. The van der Waals surface area contributed by atoms with E-state index in [0.29, 0.717) is 43.3 Å². The quantitative estimate of drug-likeness (QED) is 0.465. The molecule has 8 nitrogen and oxygen atoms in total. The molecule has 1 fully saturated rings. The highest BCUT2D eigenvalue weighted by atomic mass is 19.4. The number of benzene rings is 1. The van der Waals surface area contributed by atoms with Crippen molar-refractivity contribution in [3.05, 3.63) is 42.0 Å². The maximum atomic E-state index is 13.2. The van der Waals surface area contributed by atoms with Gasteiger partial charge in [-0.25, -0.2) is 4.79 Å². The zero-order valence-electron chi connectivity index (χ0n) is 19.8. The summed E-state index contributed by atoms with van der Waals surface area (Å²) < 4.78 is 37.5. The third-order valence-electron chi connectivity index (χ3n) is 5.71. The smallest absolute Gasteiger partial charge is 0.489 e. The molecule has 0 saturated carbocycles. The Kier molecular flexibility index (Phi) is 10.1. The van der Waals surface area contributed by atoms with Crippen LogP contribution in [0.1, 0.15) is 43.5 Å². The molecule has 35 heavy (non-hydrogen) atoms. The molecule has 11 heteroatoms. The number of carboxylic acids is 1. The SMILES string of the molecule is CC(C)C[C@H]1CNC(=O)c2ccccc2OC/C=C/CC2(CCNC2)C(=O)N1.O=C(O)C(F)(F)F. The van der Waals surface area contributed by atoms with Crippen molar-refractivity contribution in [2.45, 2.75) is 45.3 Å². The lowest BCUT2D eigenvalue weighted by atomic mass is 9.82. The summed E-state index contributed by atoms with van der Waals surface area (Å²) in [6, 6.07) is 7.15. The van der Waals surface area contributed by atoms with Gasteiger partial charge in [-0.2, -0.15) is 13.2 Å². The fourth-order valence-corrected chi connectivity index (χ4v) is 3.91. The Hall–Kier alpha value is -3.08. The van der Waals surface area contributed by atoms with Gasteiger partial charge in [-0.15, -0.1) is 0 Å². The lowest BCUT2D eigenvalue weighted by Crippen LogP contribution is -2.50. The van der Waals surface area contributed by atoms with E-state index in [2.05, 4.69) is 29.8 Å². The largest absolute Gasteiger partial charge is 0.490 e. The van der Waals surface area contributed by atoms with Gasteiger partial charge in [0, 0.05) is 19.1 Å². The van der Waals surface area contributed by atoms with E-state index < -0.39 is 17.6 Å². The number of ether oxygens (including phenoxy) is 1. The zero-order chi connectivity index (χ0) is 26.1.